The highest BCUT2D eigenvalue weighted by Crippen LogP contribution is 2.49. The first-order valence-electron chi connectivity index (χ1n) is 21.7. The lowest BCUT2D eigenvalue weighted by molar-refractivity contribution is 0.484. The van der Waals surface area contributed by atoms with Crippen LogP contribution in [0.15, 0.2) is 195 Å². The monoisotopic (exact) mass is 829 g/mol. The molecule has 0 bridgehead atoms. The van der Waals surface area contributed by atoms with E-state index in [-0.39, 0.29) is 5.41 Å². The fourth-order valence-electron chi connectivity index (χ4n) is 9.53. The molecule has 308 valence electrons. The molecule has 0 N–H and O–H groups in total. The van der Waals surface area contributed by atoms with Gasteiger partial charge in [-0.3, -0.25) is 4.57 Å². The molecule has 7 aromatic carbocycles. The predicted molar refractivity (Wildman–Crippen MR) is 260 cm³/mol. The van der Waals surface area contributed by atoms with Gasteiger partial charge in [-0.1, -0.05) is 130 Å². The van der Waals surface area contributed by atoms with E-state index >= 15 is 0 Å². The van der Waals surface area contributed by atoms with E-state index in [4.69, 9.17) is 19.7 Å². The van der Waals surface area contributed by atoms with Gasteiger partial charge < -0.3 is 19.1 Å². The number of benzene rings is 7. The Morgan fingerprint density at radius 2 is 1.02 bits per heavy atom. The largest absolute Gasteiger partial charge is 0.457 e. The minimum atomic E-state index is -0.0405. The summed E-state index contributed by atoms with van der Waals surface area (Å²) in [5, 5.41) is 2.38. The topological polar surface area (TPSA) is 64.2 Å². The van der Waals surface area contributed by atoms with Crippen LogP contribution < -0.4 is 14.5 Å². The molecule has 8 heteroatoms. The molecule has 4 aromatic heterocycles. The van der Waals surface area contributed by atoms with Crippen LogP contribution in [0.2, 0.25) is 0 Å². The van der Waals surface area contributed by atoms with E-state index in [0.29, 0.717) is 12.4 Å². The molecule has 8 nitrogen and oxygen atoms in total. The number of rotatable bonds is 8. The molecular formula is C56H43N7O. The Kier molecular flexibility index (Phi) is 8.62. The fourth-order valence-corrected chi connectivity index (χ4v) is 9.53. The summed E-state index contributed by atoms with van der Waals surface area (Å²) >= 11 is 0. The molecular weight excluding hydrogens is 787 g/mol. The zero-order valence-electron chi connectivity index (χ0n) is 35.7. The molecule has 0 saturated carbocycles. The van der Waals surface area contributed by atoms with E-state index in [0.717, 1.165) is 84.6 Å². The summed E-state index contributed by atoms with van der Waals surface area (Å²) in [6.45, 7) is 7.22. The lowest BCUT2D eigenvalue weighted by Gasteiger charge is -2.26. The Labute approximate surface area is 371 Å². The molecule has 64 heavy (non-hydrogen) atoms. The third-order valence-corrected chi connectivity index (χ3v) is 12.5. The summed E-state index contributed by atoms with van der Waals surface area (Å²) in [5.74, 6) is 3.88. The van der Waals surface area contributed by atoms with E-state index in [1.807, 2.05) is 12.3 Å². The van der Waals surface area contributed by atoms with Crippen LogP contribution in [0, 0.1) is 0 Å². The van der Waals surface area contributed by atoms with Crippen LogP contribution in [0.5, 0.6) is 11.5 Å². The third kappa shape index (κ3) is 6.09. The van der Waals surface area contributed by atoms with Crippen LogP contribution in [0.1, 0.15) is 26.3 Å². The summed E-state index contributed by atoms with van der Waals surface area (Å²) in [7, 11) is 0. The molecule has 1 aliphatic heterocycles. The summed E-state index contributed by atoms with van der Waals surface area (Å²) in [6, 6.07) is 61.8. The van der Waals surface area contributed by atoms with Gasteiger partial charge in [-0.25, -0.2) is 15.0 Å². The van der Waals surface area contributed by atoms with Crippen molar-refractivity contribution in [3.8, 4) is 45.3 Å². The Morgan fingerprint density at radius 3 is 1.69 bits per heavy atom. The third-order valence-electron chi connectivity index (χ3n) is 12.5. The van der Waals surface area contributed by atoms with E-state index in [1.165, 1.54) is 16.3 Å². The van der Waals surface area contributed by atoms with Gasteiger partial charge in [0.2, 0.25) is 0 Å². The number of fused-ring (bicyclic) bond motifs is 1. The molecule has 0 radical (unpaired) electrons. The molecule has 11 aromatic rings. The molecule has 0 fully saturated rings. The molecule has 0 unspecified atom stereocenters. The molecule has 0 spiro atoms. The van der Waals surface area contributed by atoms with Crippen molar-refractivity contribution in [1.82, 2.24) is 24.1 Å². The highest BCUT2D eigenvalue weighted by molar-refractivity contribution is 6.25. The molecule has 0 aliphatic carbocycles. The molecule has 5 heterocycles. The summed E-state index contributed by atoms with van der Waals surface area (Å²) in [4.78, 5) is 19.4. The minimum absolute atomic E-state index is 0.0405. The summed E-state index contributed by atoms with van der Waals surface area (Å²) in [6.07, 6.45) is 5.47. The zero-order valence-corrected chi connectivity index (χ0v) is 35.7. The predicted octanol–water partition coefficient (Wildman–Crippen LogP) is 14.0. The van der Waals surface area contributed by atoms with Gasteiger partial charge in [0.15, 0.2) is 11.6 Å². The molecule has 0 saturated heterocycles. The van der Waals surface area contributed by atoms with Gasteiger partial charge in [-0.2, -0.15) is 0 Å². The van der Waals surface area contributed by atoms with Crippen LogP contribution in [0.25, 0.3) is 66.6 Å². The average Bonchev–Trinajstić information content (AvgIpc) is 4.00. The van der Waals surface area contributed by atoms with Crippen LogP contribution in [0.3, 0.4) is 0 Å². The summed E-state index contributed by atoms with van der Waals surface area (Å²) < 4.78 is 11.6. The van der Waals surface area contributed by atoms with Crippen molar-refractivity contribution < 1.29 is 4.74 Å². The average molecular weight is 830 g/mol. The Balaban J connectivity index is 0.981. The highest BCUT2D eigenvalue weighted by Gasteiger charge is 2.34. The number of anilines is 4. The number of pyridine rings is 1. The van der Waals surface area contributed by atoms with Crippen molar-refractivity contribution in [2.75, 3.05) is 16.5 Å². The first-order chi connectivity index (χ1) is 31.4. The van der Waals surface area contributed by atoms with Crippen LogP contribution in [-0.4, -0.2) is 30.8 Å². The van der Waals surface area contributed by atoms with Gasteiger partial charge in [-0.05, 0) is 70.6 Å². The second-order valence-corrected chi connectivity index (χ2v) is 17.4. The zero-order chi connectivity index (χ0) is 42.9. The first kappa shape index (κ1) is 37.5. The van der Waals surface area contributed by atoms with Crippen LogP contribution in [0.4, 0.5) is 23.0 Å². The normalized spacial score (nSPS) is 12.8. The van der Waals surface area contributed by atoms with Gasteiger partial charge in [0.25, 0.3) is 0 Å². The van der Waals surface area contributed by atoms with E-state index in [1.54, 1.807) is 12.4 Å². The fraction of sp³-hybridized carbons (Fsp3) is 0.0893. The van der Waals surface area contributed by atoms with Gasteiger partial charge in [0, 0.05) is 70.1 Å². The Morgan fingerprint density at radius 1 is 0.453 bits per heavy atom. The maximum absolute atomic E-state index is 6.98. The minimum Gasteiger partial charge on any atom is -0.457 e. The summed E-state index contributed by atoms with van der Waals surface area (Å²) in [5.41, 5.74) is 13.1. The standard InChI is InChI=1S/C56H43N7O/c1-56(2,3)39-28-29-57-50(32-39)63-47-27-15-26-46-51(47)52-48(62(46)40-20-11-6-12-21-40)34-43(35-49(52)63)64-42-23-13-22-41(33-42)60-36-61(55-54(60)58-30-31-59-55)53-44(37-16-7-4-8-17-37)24-14-25-45(53)38-18-9-5-10-19-38/h4-35H,36H2,1-3H3. The number of hydrogen-bond acceptors (Lipinski definition) is 6. The maximum atomic E-state index is 6.98. The molecule has 12 rings (SSSR count). The van der Waals surface area contributed by atoms with E-state index < -0.39 is 0 Å². The van der Waals surface area contributed by atoms with Gasteiger partial charge in [0.1, 0.15) is 24.0 Å². The van der Waals surface area contributed by atoms with Crippen molar-refractivity contribution in [2.45, 2.75) is 26.2 Å². The van der Waals surface area contributed by atoms with Crippen molar-refractivity contribution in [1.29, 1.82) is 0 Å². The van der Waals surface area contributed by atoms with Crippen molar-refractivity contribution in [2.24, 2.45) is 0 Å². The van der Waals surface area contributed by atoms with Crippen molar-refractivity contribution in [3.63, 3.8) is 0 Å². The number of para-hydroxylation sites is 2. The van der Waals surface area contributed by atoms with Crippen LogP contribution in [-0.2, 0) is 5.41 Å². The SMILES string of the molecule is CC(C)(C)c1ccnc(-n2c3cccc4c3c3c(cc(Oc5cccc(N6CN(c7c(-c8ccccc8)cccc7-c7ccccc7)c7nccnc76)c5)cc32)n4-c2ccccc2)c1. The van der Waals surface area contributed by atoms with E-state index in [9.17, 15) is 0 Å². The number of hydrogen-bond donors (Lipinski definition) is 0. The molecule has 0 amide bonds. The van der Waals surface area contributed by atoms with Crippen molar-refractivity contribution >= 4 is 55.8 Å². The van der Waals surface area contributed by atoms with Crippen molar-refractivity contribution in [3.05, 3.63) is 200 Å². The quantitative estimate of drug-likeness (QED) is 0.152. The molecule has 0 atom stereocenters. The van der Waals surface area contributed by atoms with E-state index in [2.05, 4.69) is 210 Å². The Hall–Kier alpha value is -8.23. The maximum Gasteiger partial charge on any atom is 0.178 e. The number of ether oxygens (including phenoxy) is 1. The number of nitrogens with zero attached hydrogens (tertiary/aromatic N) is 7. The second-order valence-electron chi connectivity index (χ2n) is 17.4. The lowest BCUT2D eigenvalue weighted by Crippen LogP contribution is -2.25. The van der Waals surface area contributed by atoms with Gasteiger partial charge >= 0.3 is 0 Å². The van der Waals surface area contributed by atoms with Gasteiger partial charge in [-0.15, -0.1) is 0 Å². The van der Waals surface area contributed by atoms with Crippen LogP contribution >= 0.6 is 0 Å². The first-order valence-corrected chi connectivity index (χ1v) is 21.7. The lowest BCUT2D eigenvalue weighted by atomic mass is 9.88. The smallest absolute Gasteiger partial charge is 0.178 e. The van der Waals surface area contributed by atoms with Gasteiger partial charge in [0.05, 0.1) is 27.8 Å². The molecule has 1 aliphatic rings. The Bertz CT molecular complexity index is 3440. The second kappa shape index (κ2) is 14.7. The number of aromatic nitrogens is 5. The highest BCUT2D eigenvalue weighted by atomic mass is 16.5.